The summed E-state index contributed by atoms with van der Waals surface area (Å²) in [7, 11) is 0. The first-order valence-corrected chi connectivity index (χ1v) is 10.2. The Morgan fingerprint density at radius 1 is 0.900 bits per heavy atom. The molecule has 6 nitrogen and oxygen atoms in total. The van der Waals surface area contributed by atoms with Gasteiger partial charge in [-0.05, 0) is 49.4 Å². The van der Waals surface area contributed by atoms with Gasteiger partial charge in [0, 0.05) is 43.6 Å². The maximum atomic E-state index is 13.1. The van der Waals surface area contributed by atoms with Crippen molar-refractivity contribution in [1.82, 2.24) is 19.4 Å². The van der Waals surface area contributed by atoms with Crippen LogP contribution in [0.5, 0.6) is 0 Å². The van der Waals surface area contributed by atoms with Crippen LogP contribution in [-0.2, 0) is 0 Å². The highest BCUT2D eigenvalue weighted by atomic mass is 16.2. The van der Waals surface area contributed by atoms with E-state index in [1.165, 1.54) is 0 Å². The Morgan fingerprint density at radius 3 is 2.40 bits per heavy atom. The minimum absolute atomic E-state index is 0.0597. The van der Waals surface area contributed by atoms with Gasteiger partial charge in [0.25, 0.3) is 5.91 Å². The molecule has 0 radical (unpaired) electrons. The van der Waals surface area contributed by atoms with Gasteiger partial charge in [0.05, 0.1) is 11.0 Å². The number of fused-ring (bicyclic) bond motifs is 1. The number of carbonyl (C=O) groups is 1. The highest BCUT2D eigenvalue weighted by molar-refractivity contribution is 5.97. The zero-order valence-electron chi connectivity index (χ0n) is 16.9. The van der Waals surface area contributed by atoms with Crippen LogP contribution in [-0.4, -0.2) is 51.5 Å². The largest absolute Gasteiger partial charge is 0.353 e. The van der Waals surface area contributed by atoms with E-state index in [4.69, 9.17) is 4.98 Å². The second-order valence-corrected chi connectivity index (χ2v) is 7.50. The van der Waals surface area contributed by atoms with Crippen LogP contribution in [0, 0.1) is 6.92 Å². The fourth-order valence-corrected chi connectivity index (χ4v) is 4.10. The van der Waals surface area contributed by atoms with Crippen molar-refractivity contribution in [3.8, 4) is 5.69 Å². The molecule has 4 aromatic rings. The topological polar surface area (TPSA) is 54.3 Å². The number of rotatable bonds is 3. The number of benzene rings is 2. The summed E-state index contributed by atoms with van der Waals surface area (Å²) in [5, 5.41) is 0. The van der Waals surface area contributed by atoms with Crippen molar-refractivity contribution >= 4 is 22.8 Å². The van der Waals surface area contributed by atoms with Crippen LogP contribution in [0.25, 0.3) is 16.7 Å². The second kappa shape index (κ2) is 7.63. The average molecular weight is 397 g/mol. The van der Waals surface area contributed by atoms with Gasteiger partial charge in [0.2, 0.25) is 0 Å². The third-order valence-corrected chi connectivity index (χ3v) is 5.62. The molecule has 5 rings (SSSR count). The first kappa shape index (κ1) is 18.4. The van der Waals surface area contributed by atoms with Gasteiger partial charge in [-0.25, -0.2) is 9.97 Å². The minimum Gasteiger partial charge on any atom is -0.353 e. The molecule has 1 saturated heterocycles. The Balaban J connectivity index is 1.36. The zero-order valence-corrected chi connectivity index (χ0v) is 16.9. The summed E-state index contributed by atoms with van der Waals surface area (Å²) < 4.78 is 2.12. The first-order valence-electron chi connectivity index (χ1n) is 10.2. The fraction of sp³-hybridized carbons (Fsp3) is 0.208. The van der Waals surface area contributed by atoms with Crippen LogP contribution in [0.2, 0.25) is 0 Å². The van der Waals surface area contributed by atoms with E-state index in [9.17, 15) is 4.79 Å². The van der Waals surface area contributed by atoms with Gasteiger partial charge in [-0.3, -0.25) is 9.36 Å². The molecule has 0 bridgehead atoms. The third-order valence-electron chi connectivity index (χ3n) is 5.62. The van der Waals surface area contributed by atoms with E-state index in [0.717, 1.165) is 41.5 Å². The molecule has 1 fully saturated rings. The first-order chi connectivity index (χ1) is 14.7. The van der Waals surface area contributed by atoms with E-state index < -0.39 is 0 Å². The smallest absolute Gasteiger partial charge is 0.254 e. The number of aromatic nitrogens is 3. The summed E-state index contributed by atoms with van der Waals surface area (Å²) in [6.07, 6.45) is 1.80. The lowest BCUT2D eigenvalue weighted by Gasteiger charge is -2.35. The molecular formula is C24H23N5O. The van der Waals surface area contributed by atoms with Crippen LogP contribution >= 0.6 is 0 Å². The monoisotopic (exact) mass is 397 g/mol. The molecule has 0 unspecified atom stereocenters. The highest BCUT2D eigenvalue weighted by Gasteiger charge is 2.23. The van der Waals surface area contributed by atoms with Gasteiger partial charge in [-0.1, -0.05) is 24.3 Å². The Labute approximate surface area is 175 Å². The number of aryl methyl sites for hydroxylation is 1. The summed E-state index contributed by atoms with van der Waals surface area (Å²) >= 11 is 0. The SMILES string of the molecule is Cc1nc2cc(C(=O)N3CCN(c4ccccn4)CC3)ccc2n1-c1ccccc1. The summed E-state index contributed by atoms with van der Waals surface area (Å²) in [6, 6.07) is 21.9. The van der Waals surface area contributed by atoms with Gasteiger partial charge in [-0.15, -0.1) is 0 Å². The fourth-order valence-electron chi connectivity index (χ4n) is 4.10. The predicted octanol–water partition coefficient (Wildman–Crippen LogP) is 3.69. The van der Waals surface area contributed by atoms with E-state index in [1.54, 1.807) is 6.20 Å². The Kier molecular flexibility index (Phi) is 4.67. The molecule has 0 N–H and O–H groups in total. The molecule has 6 heteroatoms. The predicted molar refractivity (Wildman–Crippen MR) is 118 cm³/mol. The van der Waals surface area contributed by atoms with Crippen LogP contribution < -0.4 is 4.90 Å². The van der Waals surface area contributed by atoms with E-state index >= 15 is 0 Å². The maximum absolute atomic E-state index is 13.1. The molecule has 0 spiro atoms. The van der Waals surface area contributed by atoms with Gasteiger partial charge in [0.15, 0.2) is 0 Å². The number of amides is 1. The Hall–Kier alpha value is -3.67. The van der Waals surface area contributed by atoms with Crippen LogP contribution in [0.1, 0.15) is 16.2 Å². The van der Waals surface area contributed by atoms with Crippen LogP contribution in [0.15, 0.2) is 72.9 Å². The van der Waals surface area contributed by atoms with Gasteiger partial charge >= 0.3 is 0 Å². The van der Waals surface area contributed by atoms with Crippen molar-refractivity contribution in [3.63, 3.8) is 0 Å². The van der Waals surface area contributed by atoms with E-state index in [-0.39, 0.29) is 5.91 Å². The van der Waals surface area contributed by atoms with Gasteiger partial charge in [0.1, 0.15) is 11.6 Å². The normalized spacial score (nSPS) is 14.3. The van der Waals surface area contributed by atoms with Crippen LogP contribution in [0.3, 0.4) is 0 Å². The molecule has 2 aromatic heterocycles. The third kappa shape index (κ3) is 3.30. The van der Waals surface area contributed by atoms with Gasteiger partial charge < -0.3 is 9.80 Å². The lowest BCUT2D eigenvalue weighted by molar-refractivity contribution is 0.0746. The van der Waals surface area contributed by atoms with E-state index in [2.05, 4.69) is 26.6 Å². The molecular weight excluding hydrogens is 374 g/mol. The molecule has 0 atom stereocenters. The number of carbonyl (C=O) groups excluding carboxylic acids is 1. The van der Waals surface area contributed by atoms with Gasteiger partial charge in [-0.2, -0.15) is 0 Å². The lowest BCUT2D eigenvalue weighted by atomic mass is 10.1. The minimum atomic E-state index is 0.0597. The molecule has 1 amide bonds. The number of imidazole rings is 1. The number of para-hydroxylation sites is 1. The highest BCUT2D eigenvalue weighted by Crippen LogP contribution is 2.23. The number of hydrogen-bond donors (Lipinski definition) is 0. The quantitative estimate of drug-likeness (QED) is 0.529. The summed E-state index contributed by atoms with van der Waals surface area (Å²) in [4.78, 5) is 26.4. The number of anilines is 1. The molecule has 1 aliphatic rings. The Bertz CT molecular complexity index is 1180. The number of piperazine rings is 1. The molecule has 30 heavy (non-hydrogen) atoms. The standard InChI is InChI=1S/C24H23N5O/c1-18-26-21-17-19(10-11-22(21)29(18)20-7-3-2-4-8-20)24(30)28-15-13-27(14-16-28)23-9-5-6-12-25-23/h2-12,17H,13-16H2,1H3. The Morgan fingerprint density at radius 2 is 1.67 bits per heavy atom. The second-order valence-electron chi connectivity index (χ2n) is 7.50. The van der Waals surface area contributed by atoms with Crippen molar-refractivity contribution < 1.29 is 4.79 Å². The van der Waals surface area contributed by atoms with Crippen molar-refractivity contribution in [1.29, 1.82) is 0 Å². The van der Waals surface area contributed by atoms with E-state index in [1.807, 2.05) is 66.4 Å². The molecule has 2 aromatic carbocycles. The lowest BCUT2D eigenvalue weighted by Crippen LogP contribution is -2.49. The molecule has 0 aliphatic carbocycles. The summed E-state index contributed by atoms with van der Waals surface area (Å²) in [5.41, 5.74) is 3.61. The van der Waals surface area contributed by atoms with Crippen molar-refractivity contribution in [2.45, 2.75) is 6.92 Å². The van der Waals surface area contributed by atoms with Crippen molar-refractivity contribution in [2.24, 2.45) is 0 Å². The maximum Gasteiger partial charge on any atom is 0.254 e. The number of pyridine rings is 1. The molecule has 3 heterocycles. The zero-order chi connectivity index (χ0) is 20.5. The molecule has 0 saturated carbocycles. The van der Waals surface area contributed by atoms with E-state index in [0.29, 0.717) is 18.7 Å². The number of hydrogen-bond acceptors (Lipinski definition) is 4. The molecule has 1 aliphatic heterocycles. The summed E-state index contributed by atoms with van der Waals surface area (Å²) in [5.74, 6) is 1.93. The molecule has 150 valence electrons. The summed E-state index contributed by atoms with van der Waals surface area (Å²) in [6.45, 7) is 4.93. The van der Waals surface area contributed by atoms with Crippen molar-refractivity contribution in [2.75, 3.05) is 31.1 Å². The van der Waals surface area contributed by atoms with Crippen LogP contribution in [0.4, 0.5) is 5.82 Å². The van der Waals surface area contributed by atoms with Crippen molar-refractivity contribution in [3.05, 3.63) is 84.3 Å². The average Bonchev–Trinajstić information content (AvgIpc) is 3.14. The number of nitrogens with zero attached hydrogens (tertiary/aromatic N) is 5.